The van der Waals surface area contributed by atoms with Crippen molar-refractivity contribution >= 4 is 28.8 Å². The minimum atomic E-state index is -0.141. The van der Waals surface area contributed by atoms with Crippen LogP contribution in [0.1, 0.15) is 15.2 Å². The molecular formula is C16H20N3O2S+. The molecule has 5 nitrogen and oxygen atoms in total. The molecule has 1 aromatic heterocycles. The SMILES string of the molecule is CNC(=O)c1ccc(NC(=O)C[NH+](C)Cc2cccs2)cc1. The highest BCUT2D eigenvalue weighted by Crippen LogP contribution is 2.09. The van der Waals surface area contributed by atoms with E-state index < -0.39 is 0 Å². The summed E-state index contributed by atoms with van der Waals surface area (Å²) in [4.78, 5) is 25.9. The summed E-state index contributed by atoms with van der Waals surface area (Å²) in [6, 6.07) is 10.9. The molecule has 1 aromatic carbocycles. The largest absolute Gasteiger partial charge is 0.355 e. The van der Waals surface area contributed by atoms with Crippen LogP contribution in [0.4, 0.5) is 5.69 Å². The van der Waals surface area contributed by atoms with Crippen LogP contribution in [-0.4, -0.2) is 32.5 Å². The van der Waals surface area contributed by atoms with Crippen LogP contribution in [-0.2, 0) is 11.3 Å². The molecule has 116 valence electrons. The van der Waals surface area contributed by atoms with Gasteiger partial charge in [-0.05, 0) is 35.7 Å². The normalized spacial score (nSPS) is 11.7. The summed E-state index contributed by atoms with van der Waals surface area (Å²) in [5.41, 5.74) is 1.27. The van der Waals surface area contributed by atoms with Gasteiger partial charge < -0.3 is 15.5 Å². The lowest BCUT2D eigenvalue weighted by Crippen LogP contribution is -3.08. The van der Waals surface area contributed by atoms with Crippen LogP contribution in [0.15, 0.2) is 41.8 Å². The molecule has 0 aliphatic heterocycles. The average Bonchev–Trinajstić information content (AvgIpc) is 2.99. The molecule has 1 atom stereocenters. The van der Waals surface area contributed by atoms with Crippen LogP contribution < -0.4 is 15.5 Å². The number of thiophene rings is 1. The Kier molecular flexibility index (Phi) is 5.68. The summed E-state index contributed by atoms with van der Waals surface area (Å²) >= 11 is 1.70. The second-order valence-corrected chi connectivity index (χ2v) is 6.13. The molecule has 0 radical (unpaired) electrons. The highest BCUT2D eigenvalue weighted by atomic mass is 32.1. The fourth-order valence-electron chi connectivity index (χ4n) is 2.10. The highest BCUT2D eigenvalue weighted by Gasteiger charge is 2.11. The predicted octanol–water partition coefficient (Wildman–Crippen LogP) is 0.761. The molecule has 0 saturated carbocycles. The molecule has 0 spiro atoms. The molecule has 3 N–H and O–H groups in total. The quantitative estimate of drug-likeness (QED) is 0.736. The van der Waals surface area contributed by atoms with Crippen LogP contribution >= 0.6 is 11.3 Å². The lowest BCUT2D eigenvalue weighted by Gasteiger charge is -2.13. The Morgan fingerprint density at radius 2 is 1.91 bits per heavy atom. The van der Waals surface area contributed by atoms with Crippen LogP contribution in [0.2, 0.25) is 0 Å². The zero-order valence-corrected chi connectivity index (χ0v) is 13.5. The highest BCUT2D eigenvalue weighted by molar-refractivity contribution is 7.09. The number of benzene rings is 1. The number of anilines is 1. The van der Waals surface area contributed by atoms with Gasteiger partial charge in [0.25, 0.3) is 11.8 Å². The molecule has 2 aromatic rings. The van der Waals surface area contributed by atoms with Crippen molar-refractivity contribution in [3.63, 3.8) is 0 Å². The summed E-state index contributed by atoms with van der Waals surface area (Å²) in [6.07, 6.45) is 0. The van der Waals surface area contributed by atoms with Crippen molar-refractivity contribution in [2.75, 3.05) is 26.0 Å². The number of hydrogen-bond donors (Lipinski definition) is 3. The molecule has 0 fully saturated rings. The van der Waals surface area contributed by atoms with E-state index in [1.807, 2.05) is 18.5 Å². The lowest BCUT2D eigenvalue weighted by molar-refractivity contribution is -0.884. The number of quaternary nitrogens is 1. The number of carbonyl (C=O) groups excluding carboxylic acids is 2. The van der Waals surface area contributed by atoms with E-state index >= 15 is 0 Å². The molecule has 1 unspecified atom stereocenters. The molecule has 0 aliphatic rings. The van der Waals surface area contributed by atoms with Crippen molar-refractivity contribution in [2.45, 2.75) is 6.54 Å². The smallest absolute Gasteiger partial charge is 0.279 e. The molecule has 2 rings (SSSR count). The first-order valence-corrected chi connectivity index (χ1v) is 7.92. The van der Waals surface area contributed by atoms with Gasteiger partial charge in [0.2, 0.25) is 0 Å². The van der Waals surface area contributed by atoms with Gasteiger partial charge in [-0.3, -0.25) is 9.59 Å². The minimum absolute atomic E-state index is 0.0400. The Labute approximate surface area is 134 Å². The number of carbonyl (C=O) groups is 2. The summed E-state index contributed by atoms with van der Waals surface area (Å²) in [5.74, 6) is -0.181. The standard InChI is InChI=1S/C16H19N3O2S/c1-17-16(21)12-5-7-13(8-6-12)18-15(20)11-19(2)10-14-4-3-9-22-14/h3-9H,10-11H2,1-2H3,(H,17,21)(H,18,20)/p+1. The van der Waals surface area contributed by atoms with Gasteiger partial charge in [-0.1, -0.05) is 6.07 Å². The van der Waals surface area contributed by atoms with Gasteiger partial charge in [-0.25, -0.2) is 0 Å². The molecule has 0 aliphatic carbocycles. The molecule has 22 heavy (non-hydrogen) atoms. The molecule has 0 bridgehead atoms. The van der Waals surface area contributed by atoms with Gasteiger partial charge in [0, 0.05) is 18.3 Å². The van der Waals surface area contributed by atoms with E-state index in [-0.39, 0.29) is 11.8 Å². The third-order valence-electron chi connectivity index (χ3n) is 3.18. The maximum atomic E-state index is 12.0. The van der Waals surface area contributed by atoms with Crippen LogP contribution in [0.3, 0.4) is 0 Å². The number of rotatable bonds is 6. The number of hydrogen-bond acceptors (Lipinski definition) is 3. The third kappa shape index (κ3) is 4.68. The Balaban J connectivity index is 1.85. The molecule has 0 saturated heterocycles. The summed E-state index contributed by atoms with van der Waals surface area (Å²) < 4.78 is 0. The second-order valence-electron chi connectivity index (χ2n) is 5.09. The van der Waals surface area contributed by atoms with Crippen molar-refractivity contribution in [3.05, 3.63) is 52.2 Å². The first kappa shape index (κ1) is 16.2. The maximum Gasteiger partial charge on any atom is 0.279 e. The first-order chi connectivity index (χ1) is 10.6. The van der Waals surface area contributed by atoms with Crippen molar-refractivity contribution < 1.29 is 14.5 Å². The zero-order valence-electron chi connectivity index (χ0n) is 12.7. The third-order valence-corrected chi connectivity index (χ3v) is 4.05. The molecule has 1 heterocycles. The van der Waals surface area contributed by atoms with Gasteiger partial charge in [-0.15, -0.1) is 11.3 Å². The van der Waals surface area contributed by atoms with E-state index in [0.717, 1.165) is 11.4 Å². The van der Waals surface area contributed by atoms with E-state index in [2.05, 4.69) is 16.7 Å². The van der Waals surface area contributed by atoms with Crippen molar-refractivity contribution in [3.8, 4) is 0 Å². The minimum Gasteiger partial charge on any atom is -0.355 e. The monoisotopic (exact) mass is 318 g/mol. The number of likely N-dealkylation sites (N-methyl/N-ethyl adjacent to an activating group) is 1. The van der Waals surface area contributed by atoms with Gasteiger partial charge in [0.15, 0.2) is 6.54 Å². The number of amides is 2. The Bertz CT molecular complexity index is 623. The van der Waals surface area contributed by atoms with Crippen LogP contribution in [0, 0.1) is 0 Å². The van der Waals surface area contributed by atoms with Gasteiger partial charge in [-0.2, -0.15) is 0 Å². The maximum absolute atomic E-state index is 12.0. The lowest BCUT2D eigenvalue weighted by atomic mass is 10.2. The first-order valence-electron chi connectivity index (χ1n) is 7.04. The molecule has 6 heteroatoms. The molecule has 2 amide bonds. The van der Waals surface area contributed by atoms with Gasteiger partial charge in [0.05, 0.1) is 11.9 Å². The van der Waals surface area contributed by atoms with E-state index in [1.165, 1.54) is 4.88 Å². The predicted molar refractivity (Wildman–Crippen MR) is 88.2 cm³/mol. The van der Waals surface area contributed by atoms with Crippen molar-refractivity contribution in [1.29, 1.82) is 0 Å². The Hall–Kier alpha value is -2.18. The summed E-state index contributed by atoms with van der Waals surface area (Å²) in [6.45, 7) is 1.23. The zero-order chi connectivity index (χ0) is 15.9. The average molecular weight is 318 g/mol. The van der Waals surface area contributed by atoms with E-state index in [0.29, 0.717) is 17.8 Å². The van der Waals surface area contributed by atoms with Crippen molar-refractivity contribution in [1.82, 2.24) is 5.32 Å². The number of nitrogens with one attached hydrogen (secondary N) is 3. The van der Waals surface area contributed by atoms with Gasteiger partial charge >= 0.3 is 0 Å². The van der Waals surface area contributed by atoms with Crippen LogP contribution in [0.25, 0.3) is 0 Å². The fourth-order valence-corrected chi connectivity index (χ4v) is 2.92. The van der Waals surface area contributed by atoms with E-state index in [4.69, 9.17) is 0 Å². The molecular weight excluding hydrogens is 298 g/mol. The van der Waals surface area contributed by atoms with E-state index in [1.54, 1.807) is 42.6 Å². The van der Waals surface area contributed by atoms with Crippen LogP contribution in [0.5, 0.6) is 0 Å². The van der Waals surface area contributed by atoms with Crippen molar-refractivity contribution in [2.24, 2.45) is 0 Å². The summed E-state index contributed by atoms with van der Waals surface area (Å²) in [7, 11) is 3.58. The topological polar surface area (TPSA) is 62.6 Å². The second kappa shape index (κ2) is 7.72. The Morgan fingerprint density at radius 3 is 2.50 bits per heavy atom. The van der Waals surface area contributed by atoms with E-state index in [9.17, 15) is 9.59 Å². The Morgan fingerprint density at radius 1 is 1.18 bits per heavy atom. The fraction of sp³-hybridized carbons (Fsp3) is 0.250. The van der Waals surface area contributed by atoms with Gasteiger partial charge in [0.1, 0.15) is 6.54 Å². The summed E-state index contributed by atoms with van der Waals surface area (Å²) in [5, 5.41) is 7.45.